The highest BCUT2D eigenvalue weighted by Gasteiger charge is 2.19. The van der Waals surface area contributed by atoms with E-state index in [0.29, 0.717) is 34.1 Å². The maximum absolute atomic E-state index is 12.6. The SMILES string of the molecule is Cc1ncc(-c2ccccc2C(=O)N(C)C)nc1-c1nnc(-c2ccccc2)o1. The Hall–Kier alpha value is -3.87. The summed E-state index contributed by atoms with van der Waals surface area (Å²) in [6, 6.07) is 16.8. The molecular weight excluding hydrogens is 366 g/mol. The van der Waals surface area contributed by atoms with Crippen LogP contribution in [0, 0.1) is 6.92 Å². The number of amides is 1. The molecule has 7 heteroatoms. The van der Waals surface area contributed by atoms with Gasteiger partial charge in [-0.05, 0) is 25.1 Å². The van der Waals surface area contributed by atoms with Gasteiger partial charge in [0.1, 0.15) is 5.69 Å². The lowest BCUT2D eigenvalue weighted by Gasteiger charge is -2.14. The fraction of sp³-hybridized carbons (Fsp3) is 0.136. The van der Waals surface area contributed by atoms with Crippen LogP contribution < -0.4 is 0 Å². The number of aromatic nitrogens is 4. The van der Waals surface area contributed by atoms with Crippen molar-refractivity contribution in [2.45, 2.75) is 6.92 Å². The van der Waals surface area contributed by atoms with E-state index in [4.69, 9.17) is 9.40 Å². The number of carbonyl (C=O) groups is 1. The van der Waals surface area contributed by atoms with Gasteiger partial charge in [-0.3, -0.25) is 9.78 Å². The van der Waals surface area contributed by atoms with Crippen LogP contribution >= 0.6 is 0 Å². The Morgan fingerprint density at radius 2 is 1.62 bits per heavy atom. The summed E-state index contributed by atoms with van der Waals surface area (Å²) in [4.78, 5) is 23.2. The average molecular weight is 385 g/mol. The number of carbonyl (C=O) groups excluding carboxylic acids is 1. The van der Waals surface area contributed by atoms with Gasteiger partial charge in [-0.2, -0.15) is 0 Å². The van der Waals surface area contributed by atoms with Crippen molar-refractivity contribution < 1.29 is 9.21 Å². The highest BCUT2D eigenvalue weighted by Crippen LogP contribution is 2.28. The topological polar surface area (TPSA) is 85.0 Å². The lowest BCUT2D eigenvalue weighted by Crippen LogP contribution is -2.22. The summed E-state index contributed by atoms with van der Waals surface area (Å²) in [6.45, 7) is 1.83. The van der Waals surface area contributed by atoms with Gasteiger partial charge >= 0.3 is 0 Å². The molecule has 0 atom stereocenters. The van der Waals surface area contributed by atoms with Crippen LogP contribution in [0.4, 0.5) is 0 Å². The highest BCUT2D eigenvalue weighted by atomic mass is 16.4. The second kappa shape index (κ2) is 7.63. The summed E-state index contributed by atoms with van der Waals surface area (Å²) in [5.41, 5.74) is 3.79. The van der Waals surface area contributed by atoms with E-state index in [1.54, 1.807) is 26.4 Å². The van der Waals surface area contributed by atoms with Crippen molar-refractivity contribution in [2.75, 3.05) is 14.1 Å². The summed E-state index contributed by atoms with van der Waals surface area (Å²) in [5, 5.41) is 8.28. The fourth-order valence-electron chi connectivity index (χ4n) is 2.93. The van der Waals surface area contributed by atoms with Crippen molar-refractivity contribution in [3.63, 3.8) is 0 Å². The van der Waals surface area contributed by atoms with E-state index < -0.39 is 0 Å². The van der Waals surface area contributed by atoms with Crippen molar-refractivity contribution in [1.29, 1.82) is 0 Å². The van der Waals surface area contributed by atoms with Gasteiger partial charge in [0.15, 0.2) is 0 Å². The zero-order chi connectivity index (χ0) is 20.4. The van der Waals surface area contributed by atoms with E-state index in [9.17, 15) is 4.79 Å². The minimum absolute atomic E-state index is 0.103. The molecular formula is C22H19N5O2. The monoisotopic (exact) mass is 385 g/mol. The van der Waals surface area contributed by atoms with Gasteiger partial charge in [-0.25, -0.2) is 4.98 Å². The lowest BCUT2D eigenvalue weighted by molar-refractivity contribution is 0.0828. The lowest BCUT2D eigenvalue weighted by atomic mass is 10.0. The first-order chi connectivity index (χ1) is 14.0. The van der Waals surface area contributed by atoms with Gasteiger partial charge < -0.3 is 9.32 Å². The first-order valence-electron chi connectivity index (χ1n) is 9.08. The maximum atomic E-state index is 12.6. The molecule has 4 rings (SSSR count). The first kappa shape index (κ1) is 18.5. The summed E-state index contributed by atoms with van der Waals surface area (Å²) in [7, 11) is 3.43. The minimum atomic E-state index is -0.103. The van der Waals surface area contributed by atoms with Crippen LogP contribution in [0.2, 0.25) is 0 Å². The van der Waals surface area contributed by atoms with Gasteiger partial charge in [0.25, 0.3) is 11.8 Å². The molecule has 0 aliphatic rings. The van der Waals surface area contributed by atoms with Crippen LogP contribution in [0.1, 0.15) is 16.1 Å². The third kappa shape index (κ3) is 3.62. The average Bonchev–Trinajstić information content (AvgIpc) is 3.24. The molecule has 0 saturated heterocycles. The summed E-state index contributed by atoms with van der Waals surface area (Å²) < 4.78 is 5.84. The third-order valence-electron chi connectivity index (χ3n) is 4.44. The number of nitrogens with zero attached hydrogens (tertiary/aromatic N) is 5. The number of benzene rings is 2. The molecule has 144 valence electrons. The molecule has 2 aromatic heterocycles. The van der Waals surface area contributed by atoms with Crippen molar-refractivity contribution in [1.82, 2.24) is 25.1 Å². The smallest absolute Gasteiger partial charge is 0.268 e. The number of rotatable bonds is 4. The van der Waals surface area contributed by atoms with Gasteiger partial charge in [-0.1, -0.05) is 36.4 Å². The Morgan fingerprint density at radius 3 is 2.38 bits per heavy atom. The normalized spacial score (nSPS) is 10.7. The molecule has 4 aromatic rings. The van der Waals surface area contributed by atoms with E-state index in [0.717, 1.165) is 5.56 Å². The van der Waals surface area contributed by atoms with E-state index in [-0.39, 0.29) is 11.8 Å². The Balaban J connectivity index is 1.78. The van der Waals surface area contributed by atoms with Crippen LogP contribution in [-0.2, 0) is 0 Å². The molecule has 1 amide bonds. The van der Waals surface area contributed by atoms with Crippen molar-refractivity contribution in [3.8, 4) is 34.3 Å². The summed E-state index contributed by atoms with van der Waals surface area (Å²) >= 11 is 0. The van der Waals surface area contributed by atoms with Crippen LogP contribution in [0.25, 0.3) is 34.3 Å². The fourth-order valence-corrected chi connectivity index (χ4v) is 2.93. The molecule has 0 fully saturated rings. The molecule has 0 spiro atoms. The molecule has 29 heavy (non-hydrogen) atoms. The summed E-state index contributed by atoms with van der Waals surface area (Å²) in [6.07, 6.45) is 1.65. The van der Waals surface area contributed by atoms with E-state index in [1.807, 2.05) is 55.5 Å². The van der Waals surface area contributed by atoms with Crippen LogP contribution in [-0.4, -0.2) is 45.1 Å². The standard InChI is InChI=1S/C22H19N5O2/c1-14-19(21-26-25-20(29-21)15-9-5-4-6-10-15)24-18(13-23-14)16-11-7-8-12-17(16)22(28)27(2)3/h4-13H,1-3H3. The minimum Gasteiger partial charge on any atom is -0.415 e. The molecule has 0 aliphatic carbocycles. The van der Waals surface area contributed by atoms with Gasteiger partial charge in [0, 0.05) is 30.8 Å². The predicted octanol–water partition coefficient (Wildman–Crippen LogP) is 3.87. The number of hydrogen-bond acceptors (Lipinski definition) is 6. The van der Waals surface area contributed by atoms with E-state index in [1.165, 1.54) is 4.90 Å². The van der Waals surface area contributed by atoms with Crippen LogP contribution in [0.3, 0.4) is 0 Å². The van der Waals surface area contributed by atoms with Gasteiger partial charge in [0.05, 0.1) is 17.6 Å². The molecule has 2 heterocycles. The molecule has 0 saturated carbocycles. The molecule has 0 aliphatic heterocycles. The van der Waals surface area contributed by atoms with Crippen LogP contribution in [0.15, 0.2) is 65.2 Å². The van der Waals surface area contributed by atoms with Crippen molar-refractivity contribution in [3.05, 3.63) is 72.1 Å². The summed E-state index contributed by atoms with van der Waals surface area (Å²) in [5.74, 6) is 0.594. The van der Waals surface area contributed by atoms with Gasteiger partial charge in [0.2, 0.25) is 5.89 Å². The Bertz CT molecular complexity index is 1170. The Labute approximate surface area is 168 Å². The zero-order valence-electron chi connectivity index (χ0n) is 16.3. The molecule has 2 aromatic carbocycles. The second-order valence-corrected chi connectivity index (χ2v) is 6.71. The Morgan fingerprint density at radius 1 is 0.931 bits per heavy atom. The molecule has 0 N–H and O–H groups in total. The molecule has 0 unspecified atom stereocenters. The predicted molar refractivity (Wildman–Crippen MR) is 109 cm³/mol. The largest absolute Gasteiger partial charge is 0.415 e. The molecule has 0 radical (unpaired) electrons. The zero-order valence-corrected chi connectivity index (χ0v) is 16.3. The first-order valence-corrected chi connectivity index (χ1v) is 9.08. The highest BCUT2D eigenvalue weighted by molar-refractivity contribution is 6.00. The third-order valence-corrected chi connectivity index (χ3v) is 4.44. The van der Waals surface area contributed by atoms with Crippen LogP contribution in [0.5, 0.6) is 0 Å². The second-order valence-electron chi connectivity index (χ2n) is 6.71. The number of aryl methyl sites for hydroxylation is 1. The quantitative estimate of drug-likeness (QED) is 0.530. The molecule has 0 bridgehead atoms. The van der Waals surface area contributed by atoms with Gasteiger partial charge in [-0.15, -0.1) is 10.2 Å². The number of hydrogen-bond donors (Lipinski definition) is 0. The van der Waals surface area contributed by atoms with Crippen molar-refractivity contribution in [2.24, 2.45) is 0 Å². The maximum Gasteiger partial charge on any atom is 0.268 e. The Kier molecular flexibility index (Phi) is 4.87. The van der Waals surface area contributed by atoms with Crippen molar-refractivity contribution >= 4 is 5.91 Å². The molecule has 7 nitrogen and oxygen atoms in total. The van der Waals surface area contributed by atoms with E-state index in [2.05, 4.69) is 15.2 Å². The van der Waals surface area contributed by atoms with E-state index >= 15 is 0 Å².